The minimum Gasteiger partial charge on any atom is -0.383 e. The van der Waals surface area contributed by atoms with Gasteiger partial charge in [0.25, 0.3) is 5.91 Å². The average Bonchev–Trinajstić information content (AvgIpc) is 3.17. The Labute approximate surface area is 166 Å². The first-order valence-electron chi connectivity index (χ1n) is 9.56. The van der Waals surface area contributed by atoms with Gasteiger partial charge in [0.1, 0.15) is 5.82 Å². The molecule has 0 aliphatic rings. The lowest BCUT2D eigenvalue weighted by molar-refractivity contribution is 0.0905. The minimum absolute atomic E-state index is 0.0663. The van der Waals surface area contributed by atoms with Crippen LogP contribution in [0.5, 0.6) is 0 Å². The highest BCUT2D eigenvalue weighted by molar-refractivity contribution is 5.96. The number of nitrogens with one attached hydrogen (secondary N) is 1. The summed E-state index contributed by atoms with van der Waals surface area (Å²) >= 11 is 0. The number of methoxy groups -OCH3 is 1. The number of hydrogen-bond acceptors (Lipinski definition) is 3. The summed E-state index contributed by atoms with van der Waals surface area (Å²) in [4.78, 5) is 17.3. The van der Waals surface area contributed by atoms with Gasteiger partial charge >= 0.3 is 0 Å². The van der Waals surface area contributed by atoms with Crippen molar-refractivity contribution in [1.29, 1.82) is 0 Å². The van der Waals surface area contributed by atoms with Crippen LogP contribution in [0.3, 0.4) is 0 Å². The van der Waals surface area contributed by atoms with Gasteiger partial charge in [-0.2, -0.15) is 0 Å². The van der Waals surface area contributed by atoms with Crippen LogP contribution in [-0.4, -0.2) is 35.2 Å². The van der Waals surface area contributed by atoms with Gasteiger partial charge in [-0.15, -0.1) is 0 Å². The van der Waals surface area contributed by atoms with E-state index in [-0.39, 0.29) is 11.9 Å². The van der Waals surface area contributed by atoms with Gasteiger partial charge in [-0.05, 0) is 43.2 Å². The molecule has 3 rings (SSSR count). The summed E-state index contributed by atoms with van der Waals surface area (Å²) in [6, 6.07) is 14.2. The Morgan fingerprint density at radius 3 is 2.61 bits per heavy atom. The highest BCUT2D eigenvalue weighted by atomic mass is 16.5. The van der Waals surface area contributed by atoms with Gasteiger partial charge in [0.2, 0.25) is 0 Å². The number of benzene rings is 2. The van der Waals surface area contributed by atoms with E-state index in [9.17, 15) is 4.79 Å². The molecule has 0 aliphatic heterocycles. The van der Waals surface area contributed by atoms with Crippen molar-refractivity contribution < 1.29 is 9.53 Å². The SMILES string of the molecule is CCc1nccn1-c1cc(C(=O)NC(C)COC)cc(-c2ccc(C)cc2)c1. The molecule has 1 N–H and O–H groups in total. The number of amides is 1. The zero-order valence-corrected chi connectivity index (χ0v) is 16.9. The summed E-state index contributed by atoms with van der Waals surface area (Å²) in [5.41, 5.74) is 4.82. The molecule has 146 valence electrons. The maximum atomic E-state index is 12.9. The highest BCUT2D eigenvalue weighted by Gasteiger charge is 2.14. The Morgan fingerprint density at radius 2 is 1.93 bits per heavy atom. The Balaban J connectivity index is 2.06. The normalized spacial score (nSPS) is 12.0. The molecule has 1 amide bonds. The zero-order chi connectivity index (χ0) is 20.1. The lowest BCUT2D eigenvalue weighted by Crippen LogP contribution is -2.35. The zero-order valence-electron chi connectivity index (χ0n) is 16.9. The van der Waals surface area contributed by atoms with E-state index in [0.717, 1.165) is 29.1 Å². The van der Waals surface area contributed by atoms with Crippen LogP contribution in [-0.2, 0) is 11.2 Å². The molecular weight excluding hydrogens is 350 g/mol. The Hall–Kier alpha value is -2.92. The maximum absolute atomic E-state index is 12.9. The number of rotatable bonds is 7. The van der Waals surface area contributed by atoms with E-state index in [2.05, 4.69) is 54.5 Å². The number of imidazole rings is 1. The van der Waals surface area contributed by atoms with Crippen LogP contribution in [0.2, 0.25) is 0 Å². The van der Waals surface area contributed by atoms with Crippen molar-refractivity contribution in [2.45, 2.75) is 33.2 Å². The summed E-state index contributed by atoms with van der Waals surface area (Å²) in [5.74, 6) is 0.845. The Morgan fingerprint density at radius 1 is 1.18 bits per heavy atom. The number of nitrogens with zero attached hydrogens (tertiary/aromatic N) is 2. The Bertz CT molecular complexity index is 945. The van der Waals surface area contributed by atoms with Crippen molar-refractivity contribution in [3.63, 3.8) is 0 Å². The van der Waals surface area contributed by atoms with Crippen LogP contribution >= 0.6 is 0 Å². The third-order valence-corrected chi connectivity index (χ3v) is 4.67. The molecule has 0 radical (unpaired) electrons. The average molecular weight is 377 g/mol. The molecule has 0 spiro atoms. The molecule has 0 saturated heterocycles. The van der Waals surface area contributed by atoms with Crippen molar-refractivity contribution in [2.75, 3.05) is 13.7 Å². The first-order valence-corrected chi connectivity index (χ1v) is 9.56. The third kappa shape index (κ3) is 4.49. The second kappa shape index (κ2) is 8.85. The van der Waals surface area contributed by atoms with E-state index in [4.69, 9.17) is 4.74 Å². The van der Waals surface area contributed by atoms with Crippen molar-refractivity contribution in [2.24, 2.45) is 0 Å². The number of ether oxygens (including phenoxy) is 1. The van der Waals surface area contributed by atoms with Gasteiger partial charge < -0.3 is 14.6 Å². The number of aromatic nitrogens is 2. The van der Waals surface area contributed by atoms with Gasteiger partial charge in [0.15, 0.2) is 0 Å². The molecule has 0 aliphatic carbocycles. The Kier molecular flexibility index (Phi) is 6.26. The summed E-state index contributed by atoms with van der Waals surface area (Å²) in [6.45, 7) is 6.53. The molecule has 0 saturated carbocycles. The van der Waals surface area contributed by atoms with E-state index in [1.54, 1.807) is 13.3 Å². The van der Waals surface area contributed by atoms with Crippen LogP contribution < -0.4 is 5.32 Å². The first kappa shape index (κ1) is 19.8. The van der Waals surface area contributed by atoms with Crippen LogP contribution in [0, 0.1) is 6.92 Å². The van der Waals surface area contributed by atoms with E-state index >= 15 is 0 Å². The molecule has 0 bridgehead atoms. The summed E-state index contributed by atoms with van der Waals surface area (Å²) < 4.78 is 7.17. The van der Waals surface area contributed by atoms with Crippen LogP contribution in [0.1, 0.15) is 35.6 Å². The third-order valence-electron chi connectivity index (χ3n) is 4.67. The number of hydrogen-bond donors (Lipinski definition) is 1. The van der Waals surface area contributed by atoms with Gasteiger partial charge in [0.05, 0.1) is 6.61 Å². The molecule has 1 heterocycles. The van der Waals surface area contributed by atoms with Crippen molar-refractivity contribution in [3.8, 4) is 16.8 Å². The van der Waals surface area contributed by atoms with Crippen molar-refractivity contribution in [1.82, 2.24) is 14.9 Å². The summed E-state index contributed by atoms with van der Waals surface area (Å²) in [6.07, 6.45) is 4.54. The number of carbonyl (C=O) groups is 1. The van der Waals surface area contributed by atoms with E-state index < -0.39 is 0 Å². The van der Waals surface area contributed by atoms with Gasteiger partial charge in [-0.25, -0.2) is 4.98 Å². The van der Waals surface area contributed by atoms with E-state index in [0.29, 0.717) is 12.2 Å². The first-order chi connectivity index (χ1) is 13.5. The maximum Gasteiger partial charge on any atom is 0.251 e. The van der Waals surface area contributed by atoms with Crippen LogP contribution in [0.15, 0.2) is 54.9 Å². The summed E-state index contributed by atoms with van der Waals surface area (Å²) in [7, 11) is 1.63. The molecule has 3 aromatic rings. The number of aryl methyl sites for hydroxylation is 2. The van der Waals surface area contributed by atoms with Crippen LogP contribution in [0.25, 0.3) is 16.8 Å². The lowest BCUT2D eigenvalue weighted by atomic mass is 10.0. The van der Waals surface area contributed by atoms with Crippen molar-refractivity contribution in [3.05, 3.63) is 71.8 Å². The fourth-order valence-electron chi connectivity index (χ4n) is 3.22. The largest absolute Gasteiger partial charge is 0.383 e. The monoisotopic (exact) mass is 377 g/mol. The number of carbonyl (C=O) groups excluding carboxylic acids is 1. The molecule has 1 unspecified atom stereocenters. The lowest BCUT2D eigenvalue weighted by Gasteiger charge is -2.16. The molecule has 0 fully saturated rings. The minimum atomic E-state index is -0.113. The molecule has 5 heteroatoms. The van der Waals surface area contributed by atoms with Gasteiger partial charge in [-0.3, -0.25) is 4.79 Å². The molecule has 28 heavy (non-hydrogen) atoms. The summed E-state index contributed by atoms with van der Waals surface area (Å²) in [5, 5.41) is 3.00. The van der Waals surface area contributed by atoms with Crippen LogP contribution in [0.4, 0.5) is 0 Å². The molecular formula is C23H27N3O2. The predicted molar refractivity (Wildman–Crippen MR) is 112 cm³/mol. The second-order valence-corrected chi connectivity index (χ2v) is 7.03. The van der Waals surface area contributed by atoms with Gasteiger partial charge in [0, 0.05) is 43.2 Å². The highest BCUT2D eigenvalue weighted by Crippen LogP contribution is 2.26. The topological polar surface area (TPSA) is 56.2 Å². The fraction of sp³-hybridized carbons (Fsp3) is 0.304. The molecule has 1 atom stereocenters. The van der Waals surface area contributed by atoms with Gasteiger partial charge in [-0.1, -0.05) is 36.8 Å². The fourth-order valence-corrected chi connectivity index (χ4v) is 3.22. The van der Waals surface area contributed by atoms with E-state index in [1.807, 2.05) is 29.8 Å². The molecule has 2 aromatic carbocycles. The van der Waals surface area contributed by atoms with E-state index in [1.165, 1.54) is 5.56 Å². The van der Waals surface area contributed by atoms with Crippen molar-refractivity contribution >= 4 is 5.91 Å². The predicted octanol–water partition coefficient (Wildman–Crippen LogP) is 4.17. The second-order valence-electron chi connectivity index (χ2n) is 7.03. The quantitative estimate of drug-likeness (QED) is 0.672. The molecule has 1 aromatic heterocycles. The standard InChI is InChI=1S/C23H27N3O2/c1-5-22-24-10-11-26(22)21-13-19(18-8-6-16(2)7-9-18)12-20(14-21)23(27)25-17(3)15-28-4/h6-14,17H,5,15H2,1-4H3,(H,25,27). The molecule has 5 nitrogen and oxygen atoms in total. The smallest absolute Gasteiger partial charge is 0.251 e.